The lowest BCUT2D eigenvalue weighted by atomic mass is 9.98. The molecular weight excluding hydrogens is 273 g/mol. The number of hydrogen-bond acceptors (Lipinski definition) is 3. The molecule has 6 heteroatoms. The number of amides is 1. The third kappa shape index (κ3) is 4.12. The smallest absolute Gasteiger partial charge is 0.231 e. The van der Waals surface area contributed by atoms with E-state index in [0.717, 1.165) is 31.6 Å². The van der Waals surface area contributed by atoms with E-state index < -0.39 is 0 Å². The van der Waals surface area contributed by atoms with Crippen LogP contribution in [-0.4, -0.2) is 31.0 Å². The van der Waals surface area contributed by atoms with Crippen molar-refractivity contribution in [2.24, 2.45) is 5.92 Å². The third-order valence-corrected chi connectivity index (χ3v) is 3.01. The van der Waals surface area contributed by atoms with E-state index in [1.165, 1.54) is 0 Å². The van der Waals surface area contributed by atoms with Crippen LogP contribution < -0.4 is 10.2 Å². The molecule has 1 aliphatic heterocycles. The molecule has 1 fully saturated rings. The van der Waals surface area contributed by atoms with Gasteiger partial charge in [-0.1, -0.05) is 0 Å². The highest BCUT2D eigenvalue weighted by Gasteiger charge is 2.24. The first-order valence-corrected chi connectivity index (χ1v) is 5.67. The van der Waals surface area contributed by atoms with Crippen molar-refractivity contribution >= 4 is 36.4 Å². The first-order valence-electron chi connectivity index (χ1n) is 5.67. The van der Waals surface area contributed by atoms with Gasteiger partial charge in [-0.2, -0.15) is 0 Å². The van der Waals surface area contributed by atoms with Crippen LogP contribution in [0.3, 0.4) is 0 Å². The fraction of sp³-hybridized carbons (Fsp3) is 0.500. The molecule has 2 heterocycles. The van der Waals surface area contributed by atoms with Crippen molar-refractivity contribution < 1.29 is 4.79 Å². The summed E-state index contributed by atoms with van der Waals surface area (Å²) in [6, 6.07) is 3.75. The van der Waals surface area contributed by atoms with Crippen LogP contribution in [0.25, 0.3) is 0 Å². The Labute approximate surface area is 120 Å². The lowest BCUT2D eigenvalue weighted by Gasteiger charge is -2.26. The van der Waals surface area contributed by atoms with E-state index in [4.69, 9.17) is 0 Å². The third-order valence-electron chi connectivity index (χ3n) is 3.01. The van der Waals surface area contributed by atoms with Gasteiger partial charge in [0.2, 0.25) is 5.91 Å². The standard InChI is InChI=1S/C12H17N3O.2ClH/c1-15(11-5-3-7-14-9-11)12(16)10-4-2-6-13-8-10;;/h3,5,7,9-10,13H,2,4,6,8H2,1H3;2*1H/t10-;;/m1../s1. The summed E-state index contributed by atoms with van der Waals surface area (Å²) in [6.07, 6.45) is 5.49. The summed E-state index contributed by atoms with van der Waals surface area (Å²) in [7, 11) is 1.81. The number of anilines is 1. The van der Waals surface area contributed by atoms with E-state index in [1.807, 2.05) is 19.2 Å². The first-order chi connectivity index (χ1) is 7.79. The molecule has 1 amide bonds. The van der Waals surface area contributed by atoms with Crippen molar-refractivity contribution in [1.29, 1.82) is 0 Å². The van der Waals surface area contributed by atoms with Gasteiger partial charge in [0.15, 0.2) is 0 Å². The van der Waals surface area contributed by atoms with E-state index >= 15 is 0 Å². The molecule has 1 saturated heterocycles. The summed E-state index contributed by atoms with van der Waals surface area (Å²) in [6.45, 7) is 1.82. The number of nitrogens with one attached hydrogen (secondary N) is 1. The lowest BCUT2D eigenvalue weighted by Crippen LogP contribution is -2.41. The molecule has 0 aliphatic carbocycles. The number of hydrogen-bond donors (Lipinski definition) is 1. The van der Waals surface area contributed by atoms with Crippen LogP contribution in [0.5, 0.6) is 0 Å². The van der Waals surface area contributed by atoms with Gasteiger partial charge in [0.1, 0.15) is 0 Å². The Bertz CT molecular complexity index is 356. The Hall–Kier alpha value is -0.840. The van der Waals surface area contributed by atoms with E-state index in [-0.39, 0.29) is 36.6 Å². The summed E-state index contributed by atoms with van der Waals surface area (Å²) in [5, 5.41) is 3.26. The molecule has 1 N–H and O–H groups in total. The van der Waals surface area contributed by atoms with Crippen LogP contribution in [-0.2, 0) is 4.79 Å². The molecule has 1 aliphatic rings. The maximum absolute atomic E-state index is 12.2. The van der Waals surface area contributed by atoms with Gasteiger partial charge in [-0.3, -0.25) is 9.78 Å². The summed E-state index contributed by atoms with van der Waals surface area (Å²) >= 11 is 0. The van der Waals surface area contributed by atoms with Gasteiger partial charge in [0, 0.05) is 19.8 Å². The van der Waals surface area contributed by atoms with Gasteiger partial charge in [-0.25, -0.2) is 0 Å². The van der Waals surface area contributed by atoms with E-state index in [0.29, 0.717) is 0 Å². The number of pyridine rings is 1. The fourth-order valence-electron chi connectivity index (χ4n) is 2.02. The maximum Gasteiger partial charge on any atom is 0.231 e. The molecule has 0 radical (unpaired) electrons. The van der Waals surface area contributed by atoms with Crippen LogP contribution in [0.4, 0.5) is 5.69 Å². The number of halogens is 2. The topological polar surface area (TPSA) is 45.2 Å². The number of piperidine rings is 1. The zero-order valence-corrected chi connectivity index (χ0v) is 12.0. The van der Waals surface area contributed by atoms with Gasteiger partial charge in [-0.15, -0.1) is 24.8 Å². The Morgan fingerprint density at radius 3 is 2.83 bits per heavy atom. The van der Waals surface area contributed by atoms with E-state index in [9.17, 15) is 4.79 Å². The Kier molecular flexibility index (Phi) is 7.91. The molecule has 18 heavy (non-hydrogen) atoms. The van der Waals surface area contributed by atoms with E-state index in [1.54, 1.807) is 17.3 Å². The second-order valence-corrected chi connectivity index (χ2v) is 4.15. The molecule has 2 rings (SSSR count). The summed E-state index contributed by atoms with van der Waals surface area (Å²) in [4.78, 5) is 17.9. The van der Waals surface area contributed by atoms with Crippen molar-refractivity contribution in [3.63, 3.8) is 0 Å². The molecule has 4 nitrogen and oxygen atoms in total. The maximum atomic E-state index is 12.2. The normalized spacial score (nSPS) is 18.2. The summed E-state index contributed by atoms with van der Waals surface area (Å²) < 4.78 is 0. The first kappa shape index (κ1) is 17.2. The average Bonchev–Trinajstić information content (AvgIpc) is 2.39. The van der Waals surface area contributed by atoms with Gasteiger partial charge in [0.05, 0.1) is 17.8 Å². The quantitative estimate of drug-likeness (QED) is 0.905. The number of aromatic nitrogens is 1. The monoisotopic (exact) mass is 291 g/mol. The molecule has 0 saturated carbocycles. The van der Waals surface area contributed by atoms with Crippen molar-refractivity contribution in [3.05, 3.63) is 24.5 Å². The molecule has 0 bridgehead atoms. The molecule has 102 valence electrons. The second-order valence-electron chi connectivity index (χ2n) is 4.15. The minimum atomic E-state index is 0. The SMILES string of the molecule is CN(C(=O)[C@@H]1CCCNC1)c1cccnc1.Cl.Cl. The van der Waals surface area contributed by atoms with Gasteiger partial charge >= 0.3 is 0 Å². The average molecular weight is 292 g/mol. The van der Waals surface area contributed by atoms with Gasteiger partial charge < -0.3 is 10.2 Å². The Balaban J connectivity index is 0.00000144. The highest BCUT2D eigenvalue weighted by molar-refractivity contribution is 5.94. The number of nitrogens with zero attached hydrogens (tertiary/aromatic N) is 2. The minimum absolute atomic E-state index is 0. The van der Waals surface area contributed by atoms with Crippen LogP contribution in [0.15, 0.2) is 24.5 Å². The zero-order chi connectivity index (χ0) is 11.4. The van der Waals surface area contributed by atoms with Crippen LogP contribution in [0.2, 0.25) is 0 Å². The minimum Gasteiger partial charge on any atom is -0.316 e. The molecule has 1 aromatic rings. The number of rotatable bonds is 2. The van der Waals surface area contributed by atoms with Crippen molar-refractivity contribution in [3.8, 4) is 0 Å². The predicted octanol–water partition coefficient (Wildman–Crippen LogP) is 1.89. The summed E-state index contributed by atoms with van der Waals surface area (Å²) in [5.41, 5.74) is 0.859. The van der Waals surface area contributed by atoms with Crippen LogP contribution in [0.1, 0.15) is 12.8 Å². The second kappa shape index (κ2) is 8.29. The van der Waals surface area contributed by atoms with Crippen molar-refractivity contribution in [2.45, 2.75) is 12.8 Å². The Morgan fingerprint density at radius 2 is 2.28 bits per heavy atom. The molecular formula is C12H19Cl2N3O. The molecule has 1 atom stereocenters. The highest BCUT2D eigenvalue weighted by Crippen LogP contribution is 2.17. The molecule has 0 unspecified atom stereocenters. The largest absolute Gasteiger partial charge is 0.316 e. The van der Waals surface area contributed by atoms with Crippen molar-refractivity contribution in [2.75, 3.05) is 25.0 Å². The number of carbonyl (C=O) groups excluding carboxylic acids is 1. The fourth-order valence-corrected chi connectivity index (χ4v) is 2.02. The van der Waals surface area contributed by atoms with Crippen LogP contribution >= 0.6 is 24.8 Å². The van der Waals surface area contributed by atoms with E-state index in [2.05, 4.69) is 10.3 Å². The highest BCUT2D eigenvalue weighted by atomic mass is 35.5. The van der Waals surface area contributed by atoms with Crippen molar-refractivity contribution in [1.82, 2.24) is 10.3 Å². The molecule has 0 aromatic carbocycles. The molecule has 0 spiro atoms. The lowest BCUT2D eigenvalue weighted by molar-refractivity contribution is -0.122. The summed E-state index contributed by atoms with van der Waals surface area (Å²) in [5.74, 6) is 0.291. The molecule has 1 aromatic heterocycles. The van der Waals surface area contributed by atoms with Gasteiger partial charge in [0.25, 0.3) is 0 Å². The van der Waals surface area contributed by atoms with Crippen LogP contribution in [0, 0.1) is 5.92 Å². The Morgan fingerprint density at radius 1 is 1.50 bits per heavy atom. The zero-order valence-electron chi connectivity index (χ0n) is 10.3. The van der Waals surface area contributed by atoms with Gasteiger partial charge in [-0.05, 0) is 31.5 Å². The number of carbonyl (C=O) groups is 1. The predicted molar refractivity (Wildman–Crippen MR) is 77.7 cm³/mol.